The molecule has 0 aromatic heterocycles. The molecule has 1 saturated carbocycles. The molecule has 2 atom stereocenters. The third-order valence-corrected chi connectivity index (χ3v) is 3.98. The van der Waals surface area contributed by atoms with E-state index in [0.717, 1.165) is 24.8 Å². The summed E-state index contributed by atoms with van der Waals surface area (Å²) < 4.78 is 0. The van der Waals surface area contributed by atoms with Gasteiger partial charge in [-0.15, -0.1) is 0 Å². The van der Waals surface area contributed by atoms with Crippen LogP contribution in [-0.2, 0) is 11.3 Å². The summed E-state index contributed by atoms with van der Waals surface area (Å²) in [6.45, 7) is 0.519. The molecule has 1 aromatic rings. The molecule has 104 valence electrons. The minimum Gasteiger partial charge on any atom is -0.341 e. The lowest BCUT2D eigenvalue weighted by Crippen LogP contribution is -2.32. The second-order valence-corrected chi connectivity index (χ2v) is 6.11. The van der Waals surface area contributed by atoms with Crippen LogP contribution in [0.3, 0.4) is 0 Å². The van der Waals surface area contributed by atoms with Crippen molar-refractivity contribution in [3.8, 4) is 0 Å². The third-order valence-electron chi connectivity index (χ3n) is 3.54. The number of halogens is 2. The number of amides is 1. The van der Waals surface area contributed by atoms with Gasteiger partial charge in [-0.25, -0.2) is 0 Å². The Bertz CT molecular complexity index is 458. The summed E-state index contributed by atoms with van der Waals surface area (Å²) in [5.74, 6) is 0.221. The van der Waals surface area contributed by atoms with E-state index in [1.807, 2.05) is 12.1 Å². The van der Waals surface area contributed by atoms with Crippen molar-refractivity contribution in [2.45, 2.75) is 31.8 Å². The van der Waals surface area contributed by atoms with Crippen molar-refractivity contribution in [3.05, 3.63) is 33.8 Å². The van der Waals surface area contributed by atoms with Crippen LogP contribution in [0.4, 0.5) is 0 Å². The van der Waals surface area contributed by atoms with E-state index >= 15 is 0 Å². The Hall–Kier alpha value is -0.770. The first-order valence-electron chi connectivity index (χ1n) is 6.41. The van der Waals surface area contributed by atoms with E-state index in [9.17, 15) is 4.79 Å². The quantitative estimate of drug-likeness (QED) is 0.932. The monoisotopic (exact) mass is 300 g/mol. The van der Waals surface area contributed by atoms with Gasteiger partial charge in [0.2, 0.25) is 5.91 Å². The molecule has 1 aliphatic rings. The molecule has 0 saturated heterocycles. The van der Waals surface area contributed by atoms with Crippen molar-refractivity contribution in [1.82, 2.24) is 4.90 Å². The summed E-state index contributed by atoms with van der Waals surface area (Å²) in [5, 5.41) is 1.18. The molecular weight excluding hydrogens is 283 g/mol. The Morgan fingerprint density at radius 2 is 1.95 bits per heavy atom. The highest BCUT2D eigenvalue weighted by atomic mass is 35.5. The van der Waals surface area contributed by atoms with E-state index in [1.165, 1.54) is 0 Å². The largest absolute Gasteiger partial charge is 0.341 e. The Morgan fingerprint density at radius 3 is 2.47 bits per heavy atom. The number of hydrogen-bond acceptors (Lipinski definition) is 2. The van der Waals surface area contributed by atoms with Crippen molar-refractivity contribution in [2.24, 2.45) is 11.7 Å². The molecule has 2 unspecified atom stereocenters. The smallest absolute Gasteiger partial charge is 0.225 e. The van der Waals surface area contributed by atoms with Gasteiger partial charge < -0.3 is 10.6 Å². The lowest BCUT2D eigenvalue weighted by molar-refractivity contribution is -0.134. The van der Waals surface area contributed by atoms with Crippen molar-refractivity contribution in [1.29, 1.82) is 0 Å². The number of carbonyl (C=O) groups excluding carboxylic acids is 1. The van der Waals surface area contributed by atoms with Crippen molar-refractivity contribution >= 4 is 29.1 Å². The lowest BCUT2D eigenvalue weighted by Gasteiger charge is -2.21. The molecule has 0 bridgehead atoms. The molecule has 19 heavy (non-hydrogen) atoms. The molecule has 0 heterocycles. The summed E-state index contributed by atoms with van der Waals surface area (Å²) in [5.41, 5.74) is 6.79. The van der Waals surface area contributed by atoms with Gasteiger partial charge in [0.15, 0.2) is 0 Å². The predicted molar refractivity (Wildman–Crippen MR) is 78.3 cm³/mol. The molecule has 2 rings (SSSR count). The Morgan fingerprint density at radius 1 is 1.32 bits per heavy atom. The Kier molecular flexibility index (Phi) is 4.71. The van der Waals surface area contributed by atoms with Gasteiger partial charge in [0.05, 0.1) is 0 Å². The SMILES string of the molecule is CN(Cc1cc(Cl)cc(Cl)c1)C(=O)C1CCC(N)C1. The summed E-state index contributed by atoms with van der Waals surface area (Å²) in [4.78, 5) is 14.0. The third kappa shape index (κ3) is 3.85. The number of carbonyl (C=O) groups is 1. The highest BCUT2D eigenvalue weighted by molar-refractivity contribution is 6.34. The molecule has 3 nitrogen and oxygen atoms in total. The van der Waals surface area contributed by atoms with E-state index < -0.39 is 0 Å². The molecule has 2 N–H and O–H groups in total. The zero-order valence-electron chi connectivity index (χ0n) is 10.9. The molecule has 1 amide bonds. The maximum atomic E-state index is 12.3. The van der Waals surface area contributed by atoms with Crippen LogP contribution in [0.25, 0.3) is 0 Å². The van der Waals surface area contributed by atoms with Gasteiger partial charge in [0, 0.05) is 35.6 Å². The zero-order valence-corrected chi connectivity index (χ0v) is 12.4. The number of rotatable bonds is 3. The van der Waals surface area contributed by atoms with Crippen LogP contribution in [0.15, 0.2) is 18.2 Å². The normalized spacial score (nSPS) is 22.5. The average molecular weight is 301 g/mol. The van der Waals surface area contributed by atoms with Gasteiger partial charge in [-0.05, 0) is 43.0 Å². The standard InChI is InChI=1S/C14H18Cl2N2O/c1-18(14(19)10-2-3-13(17)6-10)8-9-4-11(15)7-12(16)5-9/h4-5,7,10,13H,2-3,6,8,17H2,1H3. The Labute approximate surface area is 123 Å². The molecule has 1 aromatic carbocycles. The highest BCUT2D eigenvalue weighted by Gasteiger charge is 2.29. The topological polar surface area (TPSA) is 46.3 Å². The molecule has 0 spiro atoms. The zero-order chi connectivity index (χ0) is 14.0. The molecular formula is C14H18Cl2N2O. The van der Waals surface area contributed by atoms with Crippen LogP contribution in [0.5, 0.6) is 0 Å². The van der Waals surface area contributed by atoms with E-state index in [1.54, 1.807) is 18.0 Å². The van der Waals surface area contributed by atoms with E-state index in [0.29, 0.717) is 16.6 Å². The van der Waals surface area contributed by atoms with Crippen LogP contribution in [0.1, 0.15) is 24.8 Å². The Balaban J connectivity index is 2.00. The maximum Gasteiger partial charge on any atom is 0.225 e. The van der Waals surface area contributed by atoms with Crippen molar-refractivity contribution in [3.63, 3.8) is 0 Å². The van der Waals surface area contributed by atoms with Crippen LogP contribution in [-0.4, -0.2) is 23.9 Å². The van der Waals surface area contributed by atoms with Gasteiger partial charge >= 0.3 is 0 Å². The highest BCUT2D eigenvalue weighted by Crippen LogP contribution is 2.26. The van der Waals surface area contributed by atoms with Crippen LogP contribution < -0.4 is 5.73 Å². The molecule has 5 heteroatoms. The van der Waals surface area contributed by atoms with E-state index in [2.05, 4.69) is 0 Å². The first kappa shape index (κ1) is 14.6. The second kappa shape index (κ2) is 6.12. The fourth-order valence-electron chi connectivity index (χ4n) is 2.61. The first-order valence-corrected chi connectivity index (χ1v) is 7.17. The predicted octanol–water partition coefficient (Wildman–Crippen LogP) is 3.08. The molecule has 0 radical (unpaired) electrons. The minimum atomic E-state index is 0.0645. The van der Waals surface area contributed by atoms with E-state index in [-0.39, 0.29) is 17.9 Å². The average Bonchev–Trinajstić information content (AvgIpc) is 2.73. The minimum absolute atomic E-state index is 0.0645. The summed E-state index contributed by atoms with van der Waals surface area (Å²) >= 11 is 11.9. The fraction of sp³-hybridized carbons (Fsp3) is 0.500. The lowest BCUT2D eigenvalue weighted by atomic mass is 10.1. The van der Waals surface area contributed by atoms with Gasteiger partial charge in [0.25, 0.3) is 0 Å². The van der Waals surface area contributed by atoms with Crippen molar-refractivity contribution < 1.29 is 4.79 Å². The summed E-state index contributed by atoms with van der Waals surface area (Å²) in [6, 6.07) is 5.52. The molecule has 0 aliphatic heterocycles. The van der Waals surface area contributed by atoms with E-state index in [4.69, 9.17) is 28.9 Å². The number of benzene rings is 1. The second-order valence-electron chi connectivity index (χ2n) is 5.24. The van der Waals surface area contributed by atoms with Crippen LogP contribution in [0, 0.1) is 5.92 Å². The van der Waals surface area contributed by atoms with Crippen LogP contribution in [0.2, 0.25) is 10.0 Å². The molecule has 1 aliphatic carbocycles. The summed E-state index contributed by atoms with van der Waals surface area (Å²) in [6.07, 6.45) is 2.62. The van der Waals surface area contributed by atoms with Crippen LogP contribution >= 0.6 is 23.2 Å². The maximum absolute atomic E-state index is 12.3. The molecule has 1 fully saturated rings. The van der Waals surface area contributed by atoms with Gasteiger partial charge in [-0.1, -0.05) is 23.2 Å². The first-order chi connectivity index (χ1) is 8.95. The van der Waals surface area contributed by atoms with Crippen molar-refractivity contribution in [2.75, 3.05) is 7.05 Å². The number of nitrogens with zero attached hydrogens (tertiary/aromatic N) is 1. The van der Waals surface area contributed by atoms with Gasteiger partial charge in [0.1, 0.15) is 0 Å². The fourth-order valence-corrected chi connectivity index (χ4v) is 3.18. The summed E-state index contributed by atoms with van der Waals surface area (Å²) in [7, 11) is 1.81. The number of nitrogens with two attached hydrogens (primary N) is 1. The van der Waals surface area contributed by atoms with Gasteiger partial charge in [-0.3, -0.25) is 4.79 Å². The number of hydrogen-bond donors (Lipinski definition) is 1. The van der Waals surface area contributed by atoms with Gasteiger partial charge in [-0.2, -0.15) is 0 Å².